The van der Waals surface area contributed by atoms with Crippen molar-refractivity contribution in [1.82, 2.24) is 9.88 Å². The van der Waals surface area contributed by atoms with Gasteiger partial charge in [-0.05, 0) is 31.4 Å². The summed E-state index contributed by atoms with van der Waals surface area (Å²) in [6, 6.07) is 3.73. The van der Waals surface area contributed by atoms with Crippen LogP contribution in [0.4, 0.5) is 5.82 Å². The standard InChI is InChI=1S/C15H20ClN3O2/c16-12-2-3-13(17-10-12)19-7-5-15(11-19)4-1-6-18(8-9-20)14(15)21/h2-3,10,20H,1,4-9,11H2. The minimum absolute atomic E-state index is 0.0320. The lowest BCUT2D eigenvalue weighted by molar-refractivity contribution is -0.145. The SMILES string of the molecule is O=C1N(CCO)CCCC12CCN(c1ccc(Cl)cn1)C2. The first-order chi connectivity index (χ1) is 10.1. The smallest absolute Gasteiger partial charge is 0.230 e. The van der Waals surface area contributed by atoms with E-state index < -0.39 is 0 Å². The predicted octanol–water partition coefficient (Wildman–Crippen LogP) is 1.55. The fraction of sp³-hybridized carbons (Fsp3) is 0.600. The molecule has 2 saturated heterocycles. The molecule has 1 unspecified atom stereocenters. The van der Waals surface area contributed by atoms with Gasteiger partial charge in [0.2, 0.25) is 5.91 Å². The van der Waals surface area contributed by atoms with Gasteiger partial charge in [0, 0.05) is 32.4 Å². The summed E-state index contributed by atoms with van der Waals surface area (Å²) in [5.74, 6) is 1.07. The van der Waals surface area contributed by atoms with Gasteiger partial charge in [-0.2, -0.15) is 0 Å². The molecule has 3 rings (SSSR count). The van der Waals surface area contributed by atoms with Crippen molar-refractivity contribution in [3.63, 3.8) is 0 Å². The number of hydrogen-bond donors (Lipinski definition) is 1. The van der Waals surface area contributed by atoms with E-state index in [-0.39, 0.29) is 17.9 Å². The average Bonchev–Trinajstić information content (AvgIpc) is 2.90. The Balaban J connectivity index is 1.75. The van der Waals surface area contributed by atoms with Crippen LogP contribution in [0.5, 0.6) is 0 Å². The topological polar surface area (TPSA) is 56.7 Å². The van der Waals surface area contributed by atoms with Crippen LogP contribution in [0.15, 0.2) is 18.3 Å². The molecule has 0 bridgehead atoms. The van der Waals surface area contributed by atoms with Crippen LogP contribution < -0.4 is 4.90 Å². The number of β-amino-alcohol motifs (C(OH)–C–C–N with tert-alkyl or cyclic N) is 1. The van der Waals surface area contributed by atoms with Crippen molar-refractivity contribution in [2.24, 2.45) is 5.41 Å². The Morgan fingerprint density at radius 3 is 2.90 bits per heavy atom. The number of aliphatic hydroxyl groups is 1. The largest absolute Gasteiger partial charge is 0.395 e. The van der Waals surface area contributed by atoms with Crippen molar-refractivity contribution >= 4 is 23.3 Å². The monoisotopic (exact) mass is 309 g/mol. The van der Waals surface area contributed by atoms with Crippen LogP contribution in [0.3, 0.4) is 0 Å². The molecule has 1 N–H and O–H groups in total. The highest BCUT2D eigenvalue weighted by Crippen LogP contribution is 2.41. The highest BCUT2D eigenvalue weighted by molar-refractivity contribution is 6.30. The molecular weight excluding hydrogens is 290 g/mol. The van der Waals surface area contributed by atoms with E-state index in [2.05, 4.69) is 9.88 Å². The van der Waals surface area contributed by atoms with E-state index in [1.165, 1.54) is 0 Å². The van der Waals surface area contributed by atoms with E-state index in [9.17, 15) is 4.79 Å². The molecule has 1 atom stereocenters. The second-order valence-electron chi connectivity index (χ2n) is 5.91. The maximum atomic E-state index is 12.7. The molecule has 2 aliphatic rings. The van der Waals surface area contributed by atoms with Gasteiger partial charge in [-0.1, -0.05) is 11.6 Å². The number of rotatable bonds is 3. The van der Waals surface area contributed by atoms with Gasteiger partial charge in [0.25, 0.3) is 0 Å². The number of nitrogens with zero attached hydrogens (tertiary/aromatic N) is 3. The summed E-state index contributed by atoms with van der Waals surface area (Å²) in [6.45, 7) is 2.79. The highest BCUT2D eigenvalue weighted by atomic mass is 35.5. The minimum Gasteiger partial charge on any atom is -0.395 e. The summed E-state index contributed by atoms with van der Waals surface area (Å²) < 4.78 is 0. The van der Waals surface area contributed by atoms with Crippen molar-refractivity contribution in [2.75, 3.05) is 37.7 Å². The van der Waals surface area contributed by atoms with Crippen LogP contribution in [0.2, 0.25) is 5.02 Å². The molecule has 21 heavy (non-hydrogen) atoms. The minimum atomic E-state index is -0.297. The predicted molar refractivity (Wildman–Crippen MR) is 81.4 cm³/mol. The van der Waals surface area contributed by atoms with E-state index in [0.29, 0.717) is 18.1 Å². The first-order valence-corrected chi connectivity index (χ1v) is 7.79. The maximum Gasteiger partial charge on any atom is 0.230 e. The van der Waals surface area contributed by atoms with Gasteiger partial charge < -0.3 is 14.9 Å². The third-order valence-electron chi connectivity index (χ3n) is 4.58. The van der Waals surface area contributed by atoms with E-state index in [0.717, 1.165) is 38.2 Å². The Kier molecular flexibility index (Phi) is 4.04. The third-order valence-corrected chi connectivity index (χ3v) is 4.81. The number of likely N-dealkylation sites (tertiary alicyclic amines) is 1. The maximum absolute atomic E-state index is 12.7. The fourth-order valence-electron chi connectivity index (χ4n) is 3.49. The second-order valence-corrected chi connectivity index (χ2v) is 6.34. The molecule has 1 amide bonds. The van der Waals surface area contributed by atoms with Gasteiger partial charge in [-0.25, -0.2) is 4.98 Å². The van der Waals surface area contributed by atoms with E-state index in [4.69, 9.17) is 16.7 Å². The number of carbonyl (C=O) groups is 1. The lowest BCUT2D eigenvalue weighted by Crippen LogP contribution is -2.50. The molecule has 114 valence electrons. The fourth-order valence-corrected chi connectivity index (χ4v) is 3.60. The van der Waals surface area contributed by atoms with Crippen LogP contribution in [0, 0.1) is 5.41 Å². The van der Waals surface area contributed by atoms with Crippen molar-refractivity contribution in [3.8, 4) is 0 Å². The summed E-state index contributed by atoms with van der Waals surface area (Å²) in [5, 5.41) is 9.72. The normalized spacial score (nSPS) is 25.9. The number of amides is 1. The van der Waals surface area contributed by atoms with Crippen LogP contribution in [-0.4, -0.2) is 53.7 Å². The lowest BCUT2D eigenvalue weighted by atomic mass is 9.78. The number of anilines is 1. The third kappa shape index (κ3) is 2.72. The molecule has 0 saturated carbocycles. The number of hydrogen-bond acceptors (Lipinski definition) is 4. The zero-order valence-electron chi connectivity index (χ0n) is 12.0. The molecule has 5 nitrogen and oxygen atoms in total. The van der Waals surface area contributed by atoms with Gasteiger partial charge in [-0.3, -0.25) is 4.79 Å². The number of aromatic nitrogens is 1. The number of pyridine rings is 1. The summed E-state index contributed by atoms with van der Waals surface area (Å²) in [7, 11) is 0. The highest BCUT2D eigenvalue weighted by Gasteiger charge is 2.48. The summed E-state index contributed by atoms with van der Waals surface area (Å²) in [5.41, 5.74) is -0.297. The Bertz CT molecular complexity index is 520. The lowest BCUT2D eigenvalue weighted by Gasteiger charge is -2.39. The Morgan fingerprint density at radius 1 is 1.33 bits per heavy atom. The number of aliphatic hydroxyl groups excluding tert-OH is 1. The first kappa shape index (κ1) is 14.6. The van der Waals surface area contributed by atoms with Crippen molar-refractivity contribution in [1.29, 1.82) is 0 Å². The van der Waals surface area contributed by atoms with Gasteiger partial charge in [-0.15, -0.1) is 0 Å². The van der Waals surface area contributed by atoms with Gasteiger partial charge in [0.15, 0.2) is 0 Å². The van der Waals surface area contributed by atoms with Gasteiger partial charge >= 0.3 is 0 Å². The first-order valence-electron chi connectivity index (χ1n) is 7.41. The number of carbonyl (C=O) groups excluding carboxylic acids is 1. The zero-order valence-corrected chi connectivity index (χ0v) is 12.7. The average molecular weight is 310 g/mol. The van der Waals surface area contributed by atoms with Crippen LogP contribution in [0.1, 0.15) is 19.3 Å². The van der Waals surface area contributed by atoms with E-state index in [1.54, 1.807) is 6.20 Å². The molecule has 1 aromatic rings. The molecule has 1 spiro atoms. The van der Waals surface area contributed by atoms with Crippen LogP contribution in [0.25, 0.3) is 0 Å². The molecule has 2 fully saturated rings. The molecule has 0 radical (unpaired) electrons. The van der Waals surface area contributed by atoms with Crippen LogP contribution >= 0.6 is 11.6 Å². The van der Waals surface area contributed by atoms with Crippen molar-refractivity contribution in [3.05, 3.63) is 23.4 Å². The zero-order chi connectivity index (χ0) is 14.9. The molecule has 2 aliphatic heterocycles. The van der Waals surface area contributed by atoms with E-state index in [1.807, 2.05) is 17.0 Å². The van der Waals surface area contributed by atoms with Gasteiger partial charge in [0.1, 0.15) is 5.82 Å². The molecule has 3 heterocycles. The van der Waals surface area contributed by atoms with Crippen LogP contribution in [-0.2, 0) is 4.79 Å². The summed E-state index contributed by atoms with van der Waals surface area (Å²) in [4.78, 5) is 21.0. The Hall–Kier alpha value is -1.33. The molecule has 0 aliphatic carbocycles. The van der Waals surface area contributed by atoms with Crippen molar-refractivity contribution < 1.29 is 9.90 Å². The Labute approximate surface area is 129 Å². The summed E-state index contributed by atoms with van der Waals surface area (Å²) in [6.07, 6.45) is 4.44. The Morgan fingerprint density at radius 2 is 2.19 bits per heavy atom. The molecule has 6 heteroatoms. The molecule has 1 aromatic heterocycles. The van der Waals surface area contributed by atoms with Crippen molar-refractivity contribution in [2.45, 2.75) is 19.3 Å². The van der Waals surface area contributed by atoms with Gasteiger partial charge in [0.05, 0.1) is 17.0 Å². The molecular formula is C15H20ClN3O2. The molecule has 0 aromatic carbocycles. The second kappa shape index (κ2) is 5.81. The quantitative estimate of drug-likeness (QED) is 0.920. The van der Waals surface area contributed by atoms with E-state index >= 15 is 0 Å². The number of halogens is 1. The summed E-state index contributed by atoms with van der Waals surface area (Å²) >= 11 is 5.87. The number of piperidine rings is 1.